The van der Waals surface area contributed by atoms with Crippen molar-refractivity contribution in [2.24, 2.45) is 0 Å². The molecule has 0 heterocycles. The van der Waals surface area contributed by atoms with Crippen LogP contribution in [0.15, 0.2) is 24.3 Å². The molecule has 21 heavy (non-hydrogen) atoms. The van der Waals surface area contributed by atoms with Crippen molar-refractivity contribution < 1.29 is 19.4 Å². The van der Waals surface area contributed by atoms with Crippen molar-refractivity contribution in [3.05, 3.63) is 24.3 Å². The Labute approximate surface area is 125 Å². The summed E-state index contributed by atoms with van der Waals surface area (Å²) >= 11 is 0. The minimum absolute atomic E-state index is 0.103. The number of benzene rings is 1. The summed E-state index contributed by atoms with van der Waals surface area (Å²) in [6.07, 6.45) is 1.52. The van der Waals surface area contributed by atoms with E-state index >= 15 is 0 Å². The molecule has 5 heteroatoms. The van der Waals surface area contributed by atoms with Gasteiger partial charge >= 0.3 is 5.97 Å². The molecule has 1 aromatic carbocycles. The summed E-state index contributed by atoms with van der Waals surface area (Å²) in [5.74, 6) is -0.184. The first-order valence-electron chi connectivity index (χ1n) is 7.07. The van der Waals surface area contributed by atoms with Crippen molar-refractivity contribution in [3.63, 3.8) is 0 Å². The number of nitrogens with one attached hydrogen (secondary N) is 1. The Morgan fingerprint density at radius 2 is 1.67 bits per heavy atom. The Hall–Kier alpha value is -2.04. The summed E-state index contributed by atoms with van der Waals surface area (Å²) in [5.41, 5.74) is 0.453. The van der Waals surface area contributed by atoms with Gasteiger partial charge < -0.3 is 15.2 Å². The number of hydrogen-bond donors (Lipinski definition) is 2. The van der Waals surface area contributed by atoms with Crippen LogP contribution in [-0.4, -0.2) is 22.6 Å². The molecule has 0 saturated heterocycles. The van der Waals surface area contributed by atoms with E-state index in [0.29, 0.717) is 24.9 Å². The highest BCUT2D eigenvalue weighted by Gasteiger charge is 2.11. The number of ether oxygens (including phenoxy) is 1. The molecule has 5 nitrogen and oxygen atoms in total. The van der Waals surface area contributed by atoms with Crippen molar-refractivity contribution in [2.45, 2.75) is 52.1 Å². The highest BCUT2D eigenvalue weighted by atomic mass is 16.5. The van der Waals surface area contributed by atoms with E-state index in [1.54, 1.807) is 12.1 Å². The zero-order chi connectivity index (χ0) is 15.9. The van der Waals surface area contributed by atoms with Gasteiger partial charge in [-0.15, -0.1) is 0 Å². The van der Waals surface area contributed by atoms with Crippen molar-refractivity contribution in [1.29, 1.82) is 0 Å². The molecule has 0 aliphatic rings. The molecule has 0 aliphatic carbocycles. The number of carbonyl (C=O) groups is 2. The third-order valence-corrected chi connectivity index (χ3v) is 2.61. The van der Waals surface area contributed by atoms with E-state index < -0.39 is 5.97 Å². The molecule has 0 fully saturated rings. The van der Waals surface area contributed by atoms with Crippen LogP contribution in [0.4, 0.5) is 5.69 Å². The number of amides is 1. The lowest BCUT2D eigenvalue weighted by molar-refractivity contribution is -0.137. The quantitative estimate of drug-likeness (QED) is 0.755. The Morgan fingerprint density at radius 1 is 1.10 bits per heavy atom. The van der Waals surface area contributed by atoms with Gasteiger partial charge in [0.1, 0.15) is 11.4 Å². The van der Waals surface area contributed by atoms with E-state index in [4.69, 9.17) is 9.84 Å². The van der Waals surface area contributed by atoms with Gasteiger partial charge in [0.25, 0.3) is 0 Å². The average Bonchev–Trinajstić information content (AvgIpc) is 2.35. The number of carbonyl (C=O) groups excluding carboxylic acids is 1. The molecule has 0 aliphatic heterocycles. The van der Waals surface area contributed by atoms with Crippen molar-refractivity contribution in [1.82, 2.24) is 0 Å². The van der Waals surface area contributed by atoms with Gasteiger partial charge in [0.2, 0.25) is 5.91 Å². The first kappa shape index (κ1) is 17.0. The molecule has 1 amide bonds. The summed E-state index contributed by atoms with van der Waals surface area (Å²) in [5, 5.41) is 11.3. The van der Waals surface area contributed by atoms with Gasteiger partial charge in [-0.1, -0.05) is 0 Å². The van der Waals surface area contributed by atoms with Gasteiger partial charge in [-0.3, -0.25) is 9.59 Å². The standard InChI is InChI=1S/C16H23NO4/c1-16(2,3)21-13-10-8-12(9-11-13)17-14(18)6-4-5-7-15(19)20/h8-11H,4-7H2,1-3H3,(H,17,18)(H,19,20). The maximum absolute atomic E-state index is 11.7. The Kier molecular flexibility index (Phi) is 6.21. The lowest BCUT2D eigenvalue weighted by Gasteiger charge is -2.21. The topological polar surface area (TPSA) is 75.6 Å². The maximum atomic E-state index is 11.7. The summed E-state index contributed by atoms with van der Waals surface area (Å²) in [6.45, 7) is 5.92. The van der Waals surface area contributed by atoms with E-state index in [-0.39, 0.29) is 17.9 Å². The second kappa shape index (κ2) is 7.67. The maximum Gasteiger partial charge on any atom is 0.303 e. The van der Waals surface area contributed by atoms with Crippen LogP contribution in [0.1, 0.15) is 46.5 Å². The summed E-state index contributed by atoms with van der Waals surface area (Å²) in [7, 11) is 0. The zero-order valence-corrected chi connectivity index (χ0v) is 12.8. The highest BCUT2D eigenvalue weighted by Crippen LogP contribution is 2.20. The van der Waals surface area contributed by atoms with Crippen LogP contribution >= 0.6 is 0 Å². The largest absolute Gasteiger partial charge is 0.488 e. The first-order valence-corrected chi connectivity index (χ1v) is 7.07. The first-order chi connectivity index (χ1) is 9.76. The van der Waals surface area contributed by atoms with Gasteiger partial charge in [0, 0.05) is 18.5 Å². The van der Waals surface area contributed by atoms with Gasteiger partial charge in [0.15, 0.2) is 0 Å². The molecule has 116 valence electrons. The molecule has 0 aromatic heterocycles. The van der Waals surface area contributed by atoms with Crippen LogP contribution in [0, 0.1) is 0 Å². The molecular weight excluding hydrogens is 270 g/mol. The fourth-order valence-electron chi connectivity index (χ4n) is 1.75. The lowest BCUT2D eigenvalue weighted by Crippen LogP contribution is -2.22. The second-order valence-electron chi connectivity index (χ2n) is 5.89. The second-order valence-corrected chi connectivity index (χ2v) is 5.89. The van der Waals surface area contributed by atoms with Crippen molar-refractivity contribution >= 4 is 17.6 Å². The number of carboxylic acids is 1. The van der Waals surface area contributed by atoms with Crippen LogP contribution in [0.3, 0.4) is 0 Å². The van der Waals surface area contributed by atoms with Gasteiger partial charge in [0.05, 0.1) is 0 Å². The van der Waals surface area contributed by atoms with Crippen LogP contribution in [0.2, 0.25) is 0 Å². The third kappa shape index (κ3) is 7.97. The molecule has 0 spiro atoms. The predicted molar refractivity (Wildman–Crippen MR) is 81.6 cm³/mol. The normalized spacial score (nSPS) is 11.0. The van der Waals surface area contributed by atoms with E-state index in [2.05, 4.69) is 5.32 Å². The van der Waals surface area contributed by atoms with Crippen molar-refractivity contribution in [2.75, 3.05) is 5.32 Å². The minimum Gasteiger partial charge on any atom is -0.488 e. The van der Waals surface area contributed by atoms with E-state index in [9.17, 15) is 9.59 Å². The summed E-state index contributed by atoms with van der Waals surface area (Å²) < 4.78 is 5.70. The molecule has 2 N–H and O–H groups in total. The Bertz CT molecular complexity index is 474. The van der Waals surface area contributed by atoms with Gasteiger partial charge in [-0.25, -0.2) is 0 Å². The van der Waals surface area contributed by atoms with Crippen LogP contribution in [-0.2, 0) is 9.59 Å². The van der Waals surface area contributed by atoms with Gasteiger partial charge in [-0.05, 0) is 57.9 Å². The molecular formula is C16H23NO4. The fraction of sp³-hybridized carbons (Fsp3) is 0.500. The van der Waals surface area contributed by atoms with Crippen LogP contribution in [0.5, 0.6) is 5.75 Å². The summed E-state index contributed by atoms with van der Waals surface area (Å²) in [4.78, 5) is 22.0. The number of rotatable bonds is 7. The average molecular weight is 293 g/mol. The molecule has 0 atom stereocenters. The van der Waals surface area contributed by atoms with Crippen LogP contribution < -0.4 is 10.1 Å². The number of unbranched alkanes of at least 4 members (excludes halogenated alkanes) is 1. The Balaban J connectivity index is 2.37. The molecule has 1 rings (SSSR count). The number of anilines is 1. The molecule has 0 bridgehead atoms. The van der Waals surface area contributed by atoms with Crippen LogP contribution in [0.25, 0.3) is 0 Å². The fourth-order valence-corrected chi connectivity index (χ4v) is 1.75. The molecule has 0 radical (unpaired) electrons. The number of carboxylic acid groups (broad SMARTS) is 1. The third-order valence-electron chi connectivity index (χ3n) is 2.61. The molecule has 0 saturated carbocycles. The van der Waals surface area contributed by atoms with Gasteiger partial charge in [-0.2, -0.15) is 0 Å². The molecule has 1 aromatic rings. The predicted octanol–water partition coefficient (Wildman–Crippen LogP) is 3.45. The lowest BCUT2D eigenvalue weighted by atomic mass is 10.2. The highest BCUT2D eigenvalue weighted by molar-refractivity contribution is 5.90. The van der Waals surface area contributed by atoms with E-state index in [1.807, 2.05) is 32.9 Å². The molecule has 0 unspecified atom stereocenters. The number of aliphatic carboxylic acids is 1. The smallest absolute Gasteiger partial charge is 0.303 e. The summed E-state index contributed by atoms with van der Waals surface area (Å²) in [6, 6.07) is 7.20. The minimum atomic E-state index is -0.829. The number of hydrogen-bond acceptors (Lipinski definition) is 3. The van der Waals surface area contributed by atoms with E-state index in [0.717, 1.165) is 5.75 Å². The SMILES string of the molecule is CC(C)(C)Oc1ccc(NC(=O)CCCCC(=O)O)cc1. The zero-order valence-electron chi connectivity index (χ0n) is 12.8. The van der Waals surface area contributed by atoms with E-state index in [1.165, 1.54) is 0 Å². The Morgan fingerprint density at radius 3 is 2.19 bits per heavy atom. The van der Waals surface area contributed by atoms with Crippen molar-refractivity contribution in [3.8, 4) is 5.75 Å². The monoisotopic (exact) mass is 293 g/mol.